The fraction of sp³-hybridized carbons (Fsp3) is 0.909. The maximum absolute atomic E-state index is 11.0. The molecule has 0 saturated heterocycles. The molecule has 106 valence electrons. The van der Waals surface area contributed by atoms with Gasteiger partial charge in [-0.25, -0.2) is 0 Å². The van der Waals surface area contributed by atoms with E-state index in [0.29, 0.717) is 25.2 Å². The van der Waals surface area contributed by atoms with Crippen molar-refractivity contribution in [3.8, 4) is 0 Å². The van der Waals surface area contributed by atoms with Crippen molar-refractivity contribution in [2.24, 2.45) is 17.6 Å². The van der Waals surface area contributed by atoms with Crippen LogP contribution in [-0.4, -0.2) is 47.9 Å². The summed E-state index contributed by atoms with van der Waals surface area (Å²) in [5, 5.41) is 29.3. The van der Waals surface area contributed by atoms with Gasteiger partial charge in [-0.05, 0) is 38.2 Å². The maximum Gasteiger partial charge on any atom is 0.451 e. The summed E-state index contributed by atoms with van der Waals surface area (Å²) in [7, 11) is 0.356. The summed E-state index contributed by atoms with van der Waals surface area (Å²) in [5.74, 6) is -0.660. The fourth-order valence-corrected chi connectivity index (χ4v) is 2.06. The van der Waals surface area contributed by atoms with Crippen LogP contribution in [0.2, 0.25) is 6.32 Å². The highest BCUT2D eigenvalue weighted by atomic mass is 16.4. The zero-order valence-corrected chi connectivity index (χ0v) is 11.2. The summed E-state index contributed by atoms with van der Waals surface area (Å²) >= 11 is 0. The number of hydrogen-bond acceptors (Lipinski definition) is 5. The van der Waals surface area contributed by atoms with Crippen LogP contribution in [0.1, 0.15) is 26.2 Å². The molecule has 6 N–H and O–H groups in total. The summed E-state index contributed by atoms with van der Waals surface area (Å²) in [6, 6.07) is -0.620. The third kappa shape index (κ3) is 6.95. The highest BCUT2D eigenvalue weighted by Gasteiger charge is 2.25. The summed E-state index contributed by atoms with van der Waals surface area (Å²) in [5.41, 5.74) is 5.61. The first-order chi connectivity index (χ1) is 8.42. The van der Waals surface area contributed by atoms with Crippen molar-refractivity contribution in [1.82, 2.24) is 5.32 Å². The predicted octanol–water partition coefficient (Wildman–Crippen LogP) is -0.487. The number of aliphatic carboxylic acids is 1. The summed E-state index contributed by atoms with van der Waals surface area (Å²) in [4.78, 5) is 11.0. The number of nitrogens with two attached hydrogens (primary N) is 1. The Morgan fingerprint density at radius 2 is 1.94 bits per heavy atom. The molecule has 7 heteroatoms. The number of carboxylic acid groups (broad SMARTS) is 1. The molecule has 0 rings (SSSR count). The Kier molecular flexibility index (Phi) is 9.00. The maximum atomic E-state index is 11.0. The Balaban J connectivity index is 4.09. The molecule has 0 amide bonds. The molecule has 0 aliphatic heterocycles. The third-order valence-corrected chi connectivity index (χ3v) is 3.30. The van der Waals surface area contributed by atoms with Gasteiger partial charge in [0, 0.05) is 0 Å². The van der Waals surface area contributed by atoms with Crippen LogP contribution in [-0.2, 0) is 4.79 Å². The minimum atomic E-state index is -1.26. The van der Waals surface area contributed by atoms with E-state index in [1.54, 1.807) is 7.05 Å². The Morgan fingerprint density at radius 1 is 1.33 bits per heavy atom. The highest BCUT2D eigenvalue weighted by molar-refractivity contribution is 6.40. The molecule has 0 bridgehead atoms. The molecule has 0 aromatic rings. The van der Waals surface area contributed by atoms with Gasteiger partial charge in [0.25, 0.3) is 0 Å². The van der Waals surface area contributed by atoms with E-state index < -0.39 is 19.1 Å². The van der Waals surface area contributed by atoms with E-state index in [1.165, 1.54) is 0 Å². The number of hydrogen-bond donors (Lipinski definition) is 5. The lowest BCUT2D eigenvalue weighted by molar-refractivity contribution is -0.140. The van der Waals surface area contributed by atoms with Crippen molar-refractivity contribution < 1.29 is 19.9 Å². The molecule has 6 nitrogen and oxygen atoms in total. The van der Waals surface area contributed by atoms with Gasteiger partial charge in [0.2, 0.25) is 0 Å². The van der Waals surface area contributed by atoms with Crippen LogP contribution in [0.3, 0.4) is 0 Å². The minimum Gasteiger partial charge on any atom is -0.480 e. The van der Waals surface area contributed by atoms with Gasteiger partial charge in [-0.15, -0.1) is 0 Å². The first-order valence-corrected chi connectivity index (χ1v) is 6.38. The van der Waals surface area contributed by atoms with Crippen molar-refractivity contribution in [2.75, 3.05) is 13.6 Å². The van der Waals surface area contributed by atoms with Gasteiger partial charge in [-0.2, -0.15) is 0 Å². The lowest BCUT2D eigenvalue weighted by Crippen LogP contribution is -2.44. The SMILES string of the molecule is CNC(C(=O)O)C(CN)CC[C@H](C)CCB(O)O. The van der Waals surface area contributed by atoms with E-state index >= 15 is 0 Å². The normalized spacial score (nSPS) is 16.1. The van der Waals surface area contributed by atoms with Gasteiger partial charge in [-0.3, -0.25) is 4.79 Å². The zero-order chi connectivity index (χ0) is 14.1. The second-order valence-corrected chi connectivity index (χ2v) is 4.84. The van der Waals surface area contributed by atoms with Gasteiger partial charge in [0.1, 0.15) is 6.04 Å². The smallest absolute Gasteiger partial charge is 0.451 e. The number of rotatable bonds is 10. The number of carbonyl (C=O) groups is 1. The van der Waals surface area contributed by atoms with Crippen molar-refractivity contribution in [2.45, 2.75) is 38.5 Å². The van der Waals surface area contributed by atoms with Crippen molar-refractivity contribution in [1.29, 1.82) is 0 Å². The topological polar surface area (TPSA) is 116 Å². The van der Waals surface area contributed by atoms with Crippen LogP contribution in [0.5, 0.6) is 0 Å². The average Bonchev–Trinajstić information content (AvgIpc) is 2.31. The van der Waals surface area contributed by atoms with E-state index in [-0.39, 0.29) is 5.92 Å². The third-order valence-electron chi connectivity index (χ3n) is 3.30. The van der Waals surface area contributed by atoms with E-state index in [2.05, 4.69) is 5.32 Å². The van der Waals surface area contributed by atoms with Crippen LogP contribution in [0.15, 0.2) is 0 Å². The Bertz CT molecular complexity index is 241. The average molecular weight is 260 g/mol. The quantitative estimate of drug-likeness (QED) is 0.339. The minimum absolute atomic E-state index is 0.103. The van der Waals surface area contributed by atoms with Gasteiger partial charge < -0.3 is 26.2 Å². The summed E-state index contributed by atoms with van der Waals surface area (Å²) < 4.78 is 0. The van der Waals surface area contributed by atoms with Gasteiger partial charge in [0.15, 0.2) is 0 Å². The van der Waals surface area contributed by atoms with Crippen molar-refractivity contribution in [3.05, 3.63) is 0 Å². The van der Waals surface area contributed by atoms with Crippen LogP contribution < -0.4 is 11.1 Å². The first-order valence-electron chi connectivity index (χ1n) is 6.38. The molecule has 18 heavy (non-hydrogen) atoms. The molecule has 0 radical (unpaired) electrons. The Morgan fingerprint density at radius 3 is 2.33 bits per heavy atom. The molecule has 0 aromatic carbocycles. The molecular formula is C11H25BN2O4. The number of carboxylic acids is 1. The largest absolute Gasteiger partial charge is 0.480 e. The van der Waals surface area contributed by atoms with E-state index in [4.69, 9.17) is 20.9 Å². The molecule has 0 aliphatic rings. The highest BCUT2D eigenvalue weighted by Crippen LogP contribution is 2.19. The monoisotopic (exact) mass is 260 g/mol. The molecule has 0 heterocycles. The molecule has 0 aliphatic carbocycles. The van der Waals surface area contributed by atoms with Crippen molar-refractivity contribution >= 4 is 13.1 Å². The second kappa shape index (κ2) is 9.32. The lowest BCUT2D eigenvalue weighted by atomic mass is 9.79. The summed E-state index contributed by atoms with van der Waals surface area (Å²) in [6.07, 6.45) is 2.62. The molecule has 0 spiro atoms. The first kappa shape index (κ1) is 17.4. The van der Waals surface area contributed by atoms with E-state index in [9.17, 15) is 4.79 Å². The number of nitrogens with one attached hydrogen (secondary N) is 1. The standard InChI is InChI=1S/C11H25BN2O4/c1-8(5-6-12(17)18)3-4-9(7-13)10(14-2)11(15)16/h8-10,14,17-18H,3-7,13H2,1-2H3,(H,15,16)/t8-,9?,10?/m0/s1. The molecule has 2 unspecified atom stereocenters. The molecule has 0 fully saturated rings. The van der Waals surface area contributed by atoms with Crippen molar-refractivity contribution in [3.63, 3.8) is 0 Å². The zero-order valence-electron chi connectivity index (χ0n) is 11.2. The predicted molar refractivity (Wildman–Crippen MR) is 71.0 cm³/mol. The van der Waals surface area contributed by atoms with Crippen LogP contribution in [0.4, 0.5) is 0 Å². The molecular weight excluding hydrogens is 235 g/mol. The van der Waals surface area contributed by atoms with Gasteiger partial charge in [-0.1, -0.05) is 19.8 Å². The molecule has 0 aromatic heterocycles. The molecule has 0 saturated carbocycles. The van der Waals surface area contributed by atoms with Crippen LogP contribution >= 0.6 is 0 Å². The fourth-order valence-electron chi connectivity index (χ4n) is 2.06. The van der Waals surface area contributed by atoms with E-state index in [0.717, 1.165) is 12.8 Å². The Labute approximate surface area is 109 Å². The van der Waals surface area contributed by atoms with Crippen LogP contribution in [0, 0.1) is 11.8 Å². The number of likely N-dealkylation sites (N-methyl/N-ethyl adjacent to an activating group) is 1. The summed E-state index contributed by atoms with van der Waals surface area (Å²) in [6.45, 7) is 2.35. The Hall–Kier alpha value is -0.625. The van der Waals surface area contributed by atoms with Crippen LogP contribution in [0.25, 0.3) is 0 Å². The second-order valence-electron chi connectivity index (χ2n) is 4.84. The van der Waals surface area contributed by atoms with Gasteiger partial charge >= 0.3 is 13.1 Å². The molecule has 3 atom stereocenters. The lowest BCUT2D eigenvalue weighted by Gasteiger charge is -2.23. The van der Waals surface area contributed by atoms with Gasteiger partial charge in [0.05, 0.1) is 0 Å². The van der Waals surface area contributed by atoms with E-state index in [1.807, 2.05) is 6.92 Å².